The molecule has 0 heterocycles. The summed E-state index contributed by atoms with van der Waals surface area (Å²) in [5.74, 6) is 0. The topological polar surface area (TPSA) is 33.3 Å². The minimum absolute atomic E-state index is 0.586. The molecule has 0 amide bonds. The highest BCUT2D eigenvalue weighted by atomic mass is 35.5. The van der Waals surface area contributed by atoms with Gasteiger partial charge in [0.05, 0.1) is 6.61 Å². The van der Waals surface area contributed by atoms with E-state index in [1.54, 1.807) is 7.11 Å². The molecular formula is C11H15ClN2OS. The first-order valence-corrected chi connectivity index (χ1v) is 5.72. The van der Waals surface area contributed by atoms with Crippen molar-refractivity contribution in [2.45, 2.75) is 6.92 Å². The van der Waals surface area contributed by atoms with Gasteiger partial charge in [-0.2, -0.15) is 0 Å². The molecule has 0 aliphatic carbocycles. The molecule has 0 aromatic heterocycles. The molecule has 0 saturated carbocycles. The van der Waals surface area contributed by atoms with Crippen LogP contribution in [0.4, 0.5) is 5.69 Å². The molecule has 5 heteroatoms. The van der Waals surface area contributed by atoms with Gasteiger partial charge in [0.15, 0.2) is 5.11 Å². The average Bonchev–Trinajstić information content (AvgIpc) is 2.23. The van der Waals surface area contributed by atoms with Crippen molar-refractivity contribution in [3.05, 3.63) is 28.8 Å². The van der Waals surface area contributed by atoms with Crippen molar-refractivity contribution in [2.75, 3.05) is 25.6 Å². The first-order valence-electron chi connectivity index (χ1n) is 4.93. The molecule has 0 spiro atoms. The lowest BCUT2D eigenvalue weighted by atomic mass is 10.2. The summed E-state index contributed by atoms with van der Waals surface area (Å²) < 4.78 is 4.91. The van der Waals surface area contributed by atoms with Crippen LogP contribution in [-0.2, 0) is 4.74 Å². The van der Waals surface area contributed by atoms with Crippen LogP contribution in [0.25, 0.3) is 0 Å². The second-order valence-corrected chi connectivity index (χ2v) is 4.18. The molecule has 0 atom stereocenters. The molecule has 0 bridgehead atoms. The fourth-order valence-electron chi connectivity index (χ4n) is 1.20. The maximum atomic E-state index is 5.86. The number of hydrogen-bond donors (Lipinski definition) is 2. The van der Waals surface area contributed by atoms with Crippen molar-refractivity contribution >= 4 is 34.6 Å². The number of ether oxygens (including phenoxy) is 1. The molecule has 1 aromatic carbocycles. The standard InChI is InChI=1S/C11H15ClN2OS/c1-8-7-9(12)3-4-10(8)14-11(16)13-5-6-15-2/h3-4,7H,5-6H2,1-2H3,(H2,13,14,16). The van der Waals surface area contributed by atoms with Crippen molar-refractivity contribution in [3.8, 4) is 0 Å². The van der Waals surface area contributed by atoms with Crippen LogP contribution in [0.15, 0.2) is 18.2 Å². The Labute approximate surface area is 106 Å². The molecule has 16 heavy (non-hydrogen) atoms. The molecule has 0 saturated heterocycles. The minimum Gasteiger partial charge on any atom is -0.383 e. The van der Waals surface area contributed by atoms with Crippen molar-refractivity contribution in [3.63, 3.8) is 0 Å². The van der Waals surface area contributed by atoms with Crippen LogP contribution in [0.1, 0.15) is 5.56 Å². The Morgan fingerprint density at radius 2 is 2.25 bits per heavy atom. The second kappa shape index (κ2) is 6.68. The van der Waals surface area contributed by atoms with Gasteiger partial charge >= 0.3 is 0 Å². The van der Waals surface area contributed by atoms with E-state index in [1.165, 1.54) is 0 Å². The van der Waals surface area contributed by atoms with Crippen LogP contribution in [0.5, 0.6) is 0 Å². The zero-order chi connectivity index (χ0) is 12.0. The van der Waals surface area contributed by atoms with Crippen molar-refractivity contribution in [2.24, 2.45) is 0 Å². The average molecular weight is 259 g/mol. The molecule has 1 rings (SSSR count). The number of halogens is 1. The van der Waals surface area contributed by atoms with E-state index in [4.69, 9.17) is 28.6 Å². The third-order valence-corrected chi connectivity index (χ3v) is 2.51. The van der Waals surface area contributed by atoms with Crippen molar-refractivity contribution in [1.82, 2.24) is 5.32 Å². The summed E-state index contributed by atoms with van der Waals surface area (Å²) in [7, 11) is 1.65. The van der Waals surface area contributed by atoms with E-state index in [1.807, 2.05) is 25.1 Å². The quantitative estimate of drug-likeness (QED) is 0.643. The van der Waals surface area contributed by atoms with E-state index in [-0.39, 0.29) is 0 Å². The number of anilines is 1. The molecule has 0 radical (unpaired) electrons. The third kappa shape index (κ3) is 4.35. The highest BCUT2D eigenvalue weighted by Gasteiger charge is 2.01. The highest BCUT2D eigenvalue weighted by Crippen LogP contribution is 2.19. The van der Waals surface area contributed by atoms with Crippen LogP contribution in [0, 0.1) is 6.92 Å². The molecule has 3 nitrogen and oxygen atoms in total. The van der Waals surface area contributed by atoms with Gasteiger partial charge in [0.2, 0.25) is 0 Å². The fraction of sp³-hybridized carbons (Fsp3) is 0.364. The van der Waals surface area contributed by atoms with Crippen LogP contribution in [0.3, 0.4) is 0 Å². The first kappa shape index (κ1) is 13.2. The van der Waals surface area contributed by atoms with Gasteiger partial charge < -0.3 is 15.4 Å². The summed E-state index contributed by atoms with van der Waals surface area (Å²) in [5, 5.41) is 7.45. The molecule has 0 aliphatic heterocycles. The number of nitrogens with one attached hydrogen (secondary N) is 2. The van der Waals surface area contributed by atoms with Crippen LogP contribution < -0.4 is 10.6 Å². The number of aryl methyl sites for hydroxylation is 1. The summed E-state index contributed by atoms with van der Waals surface area (Å²) in [6.45, 7) is 3.29. The lowest BCUT2D eigenvalue weighted by Crippen LogP contribution is -2.31. The molecule has 1 aromatic rings. The van der Waals surface area contributed by atoms with Crippen molar-refractivity contribution in [1.29, 1.82) is 0 Å². The highest BCUT2D eigenvalue weighted by molar-refractivity contribution is 7.80. The van der Waals surface area contributed by atoms with Gasteiger partial charge in [0.25, 0.3) is 0 Å². The van der Waals surface area contributed by atoms with Crippen LogP contribution in [-0.4, -0.2) is 25.4 Å². The lowest BCUT2D eigenvalue weighted by Gasteiger charge is -2.12. The minimum atomic E-state index is 0.586. The SMILES string of the molecule is COCCNC(=S)Nc1ccc(Cl)cc1C. The third-order valence-electron chi connectivity index (χ3n) is 2.03. The van der Waals surface area contributed by atoms with Gasteiger partial charge in [0, 0.05) is 24.4 Å². The Kier molecular flexibility index (Phi) is 5.52. The summed E-state index contributed by atoms with van der Waals surface area (Å²) >= 11 is 11.0. The van der Waals surface area contributed by atoms with Gasteiger partial charge in [-0.25, -0.2) is 0 Å². The van der Waals surface area contributed by atoms with Crippen molar-refractivity contribution < 1.29 is 4.74 Å². The predicted molar refractivity (Wildman–Crippen MR) is 72.3 cm³/mol. The maximum absolute atomic E-state index is 5.86. The lowest BCUT2D eigenvalue weighted by molar-refractivity contribution is 0.204. The Hall–Kier alpha value is -0.840. The number of thiocarbonyl (C=S) groups is 1. The number of benzene rings is 1. The van der Waals surface area contributed by atoms with Gasteiger partial charge in [-0.1, -0.05) is 11.6 Å². The van der Waals surface area contributed by atoms with E-state index in [0.717, 1.165) is 16.3 Å². The Morgan fingerprint density at radius 1 is 1.50 bits per heavy atom. The molecule has 0 aliphatic rings. The summed E-state index contributed by atoms with van der Waals surface area (Å²) in [4.78, 5) is 0. The zero-order valence-electron chi connectivity index (χ0n) is 9.34. The monoisotopic (exact) mass is 258 g/mol. The predicted octanol–water partition coefficient (Wildman–Crippen LogP) is 2.58. The summed E-state index contributed by atoms with van der Waals surface area (Å²) in [6, 6.07) is 5.62. The van der Waals surface area contributed by atoms with Crippen LogP contribution >= 0.6 is 23.8 Å². The van der Waals surface area contributed by atoms with E-state index in [9.17, 15) is 0 Å². The number of hydrogen-bond acceptors (Lipinski definition) is 2. The molecular weight excluding hydrogens is 244 g/mol. The zero-order valence-corrected chi connectivity index (χ0v) is 10.9. The molecule has 0 unspecified atom stereocenters. The van der Waals surface area contributed by atoms with Gasteiger partial charge in [-0.05, 0) is 42.9 Å². The second-order valence-electron chi connectivity index (χ2n) is 3.33. The van der Waals surface area contributed by atoms with E-state index < -0.39 is 0 Å². The van der Waals surface area contributed by atoms with Gasteiger partial charge in [-0.15, -0.1) is 0 Å². The summed E-state index contributed by atoms with van der Waals surface area (Å²) in [5.41, 5.74) is 2.02. The molecule has 88 valence electrons. The van der Waals surface area contributed by atoms with Crippen LogP contribution in [0.2, 0.25) is 5.02 Å². The van der Waals surface area contributed by atoms with Gasteiger partial charge in [0.1, 0.15) is 0 Å². The largest absolute Gasteiger partial charge is 0.383 e. The van der Waals surface area contributed by atoms with E-state index >= 15 is 0 Å². The smallest absolute Gasteiger partial charge is 0.170 e. The maximum Gasteiger partial charge on any atom is 0.170 e. The Bertz CT molecular complexity index is 371. The number of methoxy groups -OCH3 is 1. The summed E-state index contributed by atoms with van der Waals surface area (Å²) in [6.07, 6.45) is 0. The fourth-order valence-corrected chi connectivity index (χ4v) is 1.64. The van der Waals surface area contributed by atoms with Gasteiger partial charge in [-0.3, -0.25) is 0 Å². The Morgan fingerprint density at radius 3 is 2.88 bits per heavy atom. The van der Waals surface area contributed by atoms with E-state index in [0.29, 0.717) is 18.3 Å². The van der Waals surface area contributed by atoms with E-state index in [2.05, 4.69) is 10.6 Å². The molecule has 0 fully saturated rings. The first-order chi connectivity index (χ1) is 7.63. The number of rotatable bonds is 4. The Balaban J connectivity index is 2.49. The molecule has 2 N–H and O–H groups in total. The normalized spacial score (nSPS) is 9.94.